The average Bonchev–Trinajstić information content (AvgIpc) is 2.42. The van der Waals surface area contributed by atoms with E-state index in [1.807, 2.05) is 6.92 Å². The van der Waals surface area contributed by atoms with Crippen molar-refractivity contribution in [1.29, 1.82) is 0 Å². The minimum absolute atomic E-state index is 0.223. The van der Waals surface area contributed by atoms with E-state index in [9.17, 15) is 8.78 Å². The lowest BCUT2D eigenvalue weighted by Crippen LogP contribution is -2.44. The van der Waals surface area contributed by atoms with E-state index in [-0.39, 0.29) is 6.04 Å². The molecule has 1 aliphatic rings. The Labute approximate surface area is 112 Å². The number of nitrogens with one attached hydrogen (secondary N) is 1. The van der Waals surface area contributed by atoms with Crippen LogP contribution in [0.4, 0.5) is 8.78 Å². The van der Waals surface area contributed by atoms with Crippen molar-refractivity contribution in [2.24, 2.45) is 0 Å². The lowest BCUT2D eigenvalue weighted by atomic mass is 10.2. The molecule has 5 heteroatoms. The molecule has 1 unspecified atom stereocenters. The highest BCUT2D eigenvalue weighted by Crippen LogP contribution is 2.11. The first kappa shape index (κ1) is 14.4. The van der Waals surface area contributed by atoms with Gasteiger partial charge in [-0.1, -0.05) is 12.1 Å². The van der Waals surface area contributed by atoms with Crippen molar-refractivity contribution in [2.75, 3.05) is 32.8 Å². The number of hydrogen-bond donors (Lipinski definition) is 1. The molecule has 106 valence electrons. The molecular weight excluding hydrogens is 250 g/mol. The molecule has 0 aromatic heterocycles. The van der Waals surface area contributed by atoms with Gasteiger partial charge >= 0.3 is 0 Å². The lowest BCUT2D eigenvalue weighted by Gasteiger charge is -2.29. The van der Waals surface area contributed by atoms with E-state index in [0.717, 1.165) is 38.9 Å². The molecule has 2 rings (SSSR count). The number of halogens is 2. The zero-order valence-corrected chi connectivity index (χ0v) is 11.2. The highest BCUT2D eigenvalue weighted by Gasteiger charge is 2.14. The van der Waals surface area contributed by atoms with Crippen molar-refractivity contribution in [1.82, 2.24) is 10.2 Å². The van der Waals surface area contributed by atoms with Crippen molar-refractivity contribution in [2.45, 2.75) is 19.5 Å². The molecule has 1 fully saturated rings. The number of rotatable bonds is 5. The van der Waals surface area contributed by atoms with Gasteiger partial charge in [-0.2, -0.15) is 0 Å². The molecule has 3 nitrogen and oxygen atoms in total. The molecule has 1 aliphatic heterocycles. The van der Waals surface area contributed by atoms with E-state index in [0.29, 0.717) is 12.1 Å². The second kappa shape index (κ2) is 6.93. The minimum Gasteiger partial charge on any atom is -0.379 e. The van der Waals surface area contributed by atoms with Gasteiger partial charge in [0.2, 0.25) is 0 Å². The summed E-state index contributed by atoms with van der Waals surface area (Å²) in [6.45, 7) is 6.68. The van der Waals surface area contributed by atoms with Gasteiger partial charge in [-0.25, -0.2) is 8.78 Å². The fourth-order valence-electron chi connectivity index (χ4n) is 2.20. The van der Waals surface area contributed by atoms with Crippen molar-refractivity contribution >= 4 is 0 Å². The molecule has 0 spiro atoms. The van der Waals surface area contributed by atoms with Crippen LogP contribution in [0.3, 0.4) is 0 Å². The molecule has 1 atom stereocenters. The number of morpholine rings is 1. The zero-order chi connectivity index (χ0) is 13.7. The molecule has 1 heterocycles. The van der Waals surface area contributed by atoms with E-state index in [2.05, 4.69) is 10.2 Å². The van der Waals surface area contributed by atoms with Gasteiger partial charge in [-0.3, -0.25) is 4.90 Å². The number of benzene rings is 1. The molecule has 19 heavy (non-hydrogen) atoms. The quantitative estimate of drug-likeness (QED) is 0.882. The topological polar surface area (TPSA) is 24.5 Å². The first-order chi connectivity index (χ1) is 9.16. The van der Waals surface area contributed by atoms with Gasteiger partial charge in [0.25, 0.3) is 0 Å². The van der Waals surface area contributed by atoms with Gasteiger partial charge < -0.3 is 10.1 Å². The van der Waals surface area contributed by atoms with Crippen LogP contribution in [0, 0.1) is 11.6 Å². The third kappa shape index (κ3) is 4.23. The maximum absolute atomic E-state index is 13.5. The molecular formula is C14H20F2N2O. The Morgan fingerprint density at radius 1 is 1.32 bits per heavy atom. The normalized spacial score (nSPS) is 18.5. The largest absolute Gasteiger partial charge is 0.379 e. The second-order valence-electron chi connectivity index (χ2n) is 4.91. The summed E-state index contributed by atoms with van der Waals surface area (Å²) in [5.41, 5.74) is 0.369. The summed E-state index contributed by atoms with van der Waals surface area (Å²) < 4.78 is 31.8. The third-order valence-electron chi connectivity index (χ3n) is 3.31. The molecule has 1 aromatic rings. The van der Waals surface area contributed by atoms with Gasteiger partial charge in [0, 0.05) is 37.8 Å². The average molecular weight is 270 g/mol. The summed E-state index contributed by atoms with van der Waals surface area (Å²) in [5, 5.41) is 3.23. The first-order valence-corrected chi connectivity index (χ1v) is 6.63. The van der Waals surface area contributed by atoms with Crippen LogP contribution in [0.2, 0.25) is 0 Å². The van der Waals surface area contributed by atoms with Crippen molar-refractivity contribution in [3.63, 3.8) is 0 Å². The van der Waals surface area contributed by atoms with E-state index in [4.69, 9.17) is 4.74 Å². The Balaban J connectivity index is 1.79. The van der Waals surface area contributed by atoms with E-state index in [1.54, 1.807) is 6.07 Å². The van der Waals surface area contributed by atoms with Crippen molar-refractivity contribution < 1.29 is 13.5 Å². The summed E-state index contributed by atoms with van der Waals surface area (Å²) >= 11 is 0. The standard InChI is InChI=1S/C14H20F2N2O/c1-11(10-18-5-7-19-8-6-18)17-9-12-3-2-4-13(15)14(12)16/h2-4,11,17H,5-10H2,1H3. The third-order valence-corrected chi connectivity index (χ3v) is 3.31. The molecule has 1 saturated heterocycles. The van der Waals surface area contributed by atoms with Crippen LogP contribution in [0.1, 0.15) is 12.5 Å². The van der Waals surface area contributed by atoms with Crippen molar-refractivity contribution in [3.05, 3.63) is 35.4 Å². The molecule has 0 aliphatic carbocycles. The zero-order valence-electron chi connectivity index (χ0n) is 11.2. The van der Waals surface area contributed by atoms with Crippen LogP contribution in [0.15, 0.2) is 18.2 Å². The monoisotopic (exact) mass is 270 g/mol. The molecule has 1 aromatic carbocycles. The number of nitrogens with zero attached hydrogens (tertiary/aromatic N) is 1. The molecule has 0 bridgehead atoms. The predicted octanol–water partition coefficient (Wildman–Crippen LogP) is 1.78. The van der Waals surface area contributed by atoms with Crippen LogP contribution >= 0.6 is 0 Å². The highest BCUT2D eigenvalue weighted by atomic mass is 19.2. The summed E-state index contributed by atoms with van der Waals surface area (Å²) in [7, 11) is 0. The molecule has 1 N–H and O–H groups in total. The minimum atomic E-state index is -0.792. The van der Waals surface area contributed by atoms with Crippen LogP contribution in [-0.4, -0.2) is 43.8 Å². The van der Waals surface area contributed by atoms with E-state index < -0.39 is 11.6 Å². The maximum Gasteiger partial charge on any atom is 0.163 e. The number of hydrogen-bond acceptors (Lipinski definition) is 3. The molecule has 0 radical (unpaired) electrons. The van der Waals surface area contributed by atoms with Gasteiger partial charge in [0.15, 0.2) is 11.6 Å². The van der Waals surface area contributed by atoms with Crippen molar-refractivity contribution in [3.8, 4) is 0 Å². The van der Waals surface area contributed by atoms with Gasteiger partial charge in [-0.15, -0.1) is 0 Å². The summed E-state index contributed by atoms with van der Waals surface area (Å²) in [4.78, 5) is 2.31. The Bertz CT molecular complexity index is 408. The smallest absolute Gasteiger partial charge is 0.163 e. The Kier molecular flexibility index (Phi) is 5.24. The van der Waals surface area contributed by atoms with Gasteiger partial charge in [-0.05, 0) is 13.0 Å². The van der Waals surface area contributed by atoms with E-state index >= 15 is 0 Å². The SMILES string of the molecule is CC(CN1CCOCC1)NCc1cccc(F)c1F. The maximum atomic E-state index is 13.5. The Morgan fingerprint density at radius 2 is 2.05 bits per heavy atom. The fraction of sp³-hybridized carbons (Fsp3) is 0.571. The summed E-state index contributed by atoms with van der Waals surface area (Å²) in [5.74, 6) is -1.55. The Morgan fingerprint density at radius 3 is 2.79 bits per heavy atom. The van der Waals surface area contributed by atoms with Gasteiger partial charge in [0.1, 0.15) is 0 Å². The van der Waals surface area contributed by atoms with Crippen LogP contribution in [-0.2, 0) is 11.3 Å². The molecule has 0 saturated carbocycles. The van der Waals surface area contributed by atoms with Crippen LogP contribution in [0.25, 0.3) is 0 Å². The summed E-state index contributed by atoms with van der Waals surface area (Å²) in [6.07, 6.45) is 0. The van der Waals surface area contributed by atoms with Gasteiger partial charge in [0.05, 0.1) is 13.2 Å². The predicted molar refractivity (Wildman–Crippen MR) is 69.9 cm³/mol. The van der Waals surface area contributed by atoms with Crippen LogP contribution in [0.5, 0.6) is 0 Å². The number of ether oxygens (including phenoxy) is 1. The second-order valence-corrected chi connectivity index (χ2v) is 4.91. The fourth-order valence-corrected chi connectivity index (χ4v) is 2.20. The lowest BCUT2D eigenvalue weighted by molar-refractivity contribution is 0.0343. The first-order valence-electron chi connectivity index (χ1n) is 6.63. The van der Waals surface area contributed by atoms with Crippen LogP contribution < -0.4 is 5.32 Å². The Hall–Kier alpha value is -1.04. The highest BCUT2D eigenvalue weighted by molar-refractivity contribution is 5.18. The van der Waals surface area contributed by atoms with E-state index in [1.165, 1.54) is 6.07 Å². The summed E-state index contributed by atoms with van der Waals surface area (Å²) in [6, 6.07) is 4.49. The molecule has 0 amide bonds.